The highest BCUT2D eigenvalue weighted by atomic mass is 16.7. The van der Waals surface area contributed by atoms with E-state index in [9.17, 15) is 35.1 Å². The van der Waals surface area contributed by atoms with Crippen LogP contribution < -0.4 is 0 Å². The van der Waals surface area contributed by atoms with E-state index in [4.69, 9.17) is 14.2 Å². The summed E-state index contributed by atoms with van der Waals surface area (Å²) in [4.78, 5) is 24.7. The summed E-state index contributed by atoms with van der Waals surface area (Å²) in [6.45, 7) is 3.76. The third kappa shape index (κ3) is 3.86. The molecule has 6 aliphatic rings. The molecule has 5 fully saturated rings. The molecule has 2 heterocycles. The largest absolute Gasteiger partial charge is 0.458 e. The lowest BCUT2D eigenvalue weighted by Crippen LogP contribution is -2.67. The Kier molecular flexibility index (Phi) is 6.81. The summed E-state index contributed by atoms with van der Waals surface area (Å²) in [6, 6.07) is 0. The van der Waals surface area contributed by atoms with Crippen LogP contribution in [0.4, 0.5) is 0 Å². The highest BCUT2D eigenvalue weighted by molar-refractivity contribution is 5.85. The van der Waals surface area contributed by atoms with Crippen LogP contribution in [0.1, 0.15) is 65.2 Å². The first-order valence-electron chi connectivity index (χ1n) is 14.6. The number of hydrogen-bond acceptors (Lipinski definition) is 10. The van der Waals surface area contributed by atoms with Crippen LogP contribution in [0.15, 0.2) is 11.6 Å². The lowest BCUT2D eigenvalue weighted by molar-refractivity contribution is -0.310. The van der Waals surface area contributed by atoms with Crippen molar-refractivity contribution in [2.45, 2.75) is 114 Å². The molecule has 1 saturated heterocycles. The smallest absolute Gasteiger partial charge is 0.331 e. The van der Waals surface area contributed by atoms with Gasteiger partial charge in [-0.3, -0.25) is 0 Å². The maximum atomic E-state index is 12.9. The molecule has 0 unspecified atom stereocenters. The van der Waals surface area contributed by atoms with E-state index in [2.05, 4.69) is 0 Å². The molecule has 10 nitrogen and oxygen atoms in total. The normalized spacial score (nSPS) is 55.2. The van der Waals surface area contributed by atoms with Crippen LogP contribution in [0.2, 0.25) is 0 Å². The summed E-state index contributed by atoms with van der Waals surface area (Å²) in [5, 5.41) is 54.6. The van der Waals surface area contributed by atoms with Crippen molar-refractivity contribution < 1.29 is 49.3 Å². The SMILES string of the molecule is C[C@H]1O[C@@H](O[C@H]2CC[C@@]3(C=O)[C@@H](CC[C@H]4[C@H]3C[C@@H](O)[C@]3(C)[C@@H](C5=CC(=O)OC5)CC[C@]43O)C2)[C@H](O)[C@H](O)[C@@H]1O. The van der Waals surface area contributed by atoms with Crippen molar-refractivity contribution in [1.82, 2.24) is 0 Å². The number of aliphatic hydroxyl groups excluding tert-OH is 4. The first kappa shape index (κ1) is 27.8. The first-order valence-corrected chi connectivity index (χ1v) is 14.6. The minimum atomic E-state index is -1.38. The number of esters is 1. The van der Waals surface area contributed by atoms with E-state index < -0.39 is 53.2 Å². The number of carbonyl (C=O) groups is 2. The molecule has 39 heavy (non-hydrogen) atoms. The molecular formula is C29H42O10. The third-order valence-corrected chi connectivity index (χ3v) is 11.9. The van der Waals surface area contributed by atoms with Gasteiger partial charge in [0.15, 0.2) is 6.29 Å². The van der Waals surface area contributed by atoms with E-state index >= 15 is 0 Å². The Morgan fingerprint density at radius 1 is 1.00 bits per heavy atom. The number of aldehydes is 1. The van der Waals surface area contributed by atoms with Crippen LogP contribution in [0.5, 0.6) is 0 Å². The van der Waals surface area contributed by atoms with E-state index in [1.807, 2.05) is 6.92 Å². The molecule has 6 rings (SSSR count). The molecule has 4 aliphatic carbocycles. The van der Waals surface area contributed by atoms with Crippen molar-refractivity contribution in [2.24, 2.45) is 34.5 Å². The zero-order valence-corrected chi connectivity index (χ0v) is 22.6. The molecule has 2 aliphatic heterocycles. The number of rotatable bonds is 4. The second kappa shape index (κ2) is 9.58. The average molecular weight is 551 g/mol. The van der Waals surface area contributed by atoms with Crippen LogP contribution in [0, 0.1) is 34.5 Å². The molecule has 0 bridgehead atoms. The highest BCUT2D eigenvalue weighted by Crippen LogP contribution is 2.69. The zero-order chi connectivity index (χ0) is 27.9. The van der Waals surface area contributed by atoms with E-state index in [1.165, 1.54) is 6.08 Å². The van der Waals surface area contributed by atoms with Crippen LogP contribution in [0.3, 0.4) is 0 Å². The van der Waals surface area contributed by atoms with E-state index in [0.29, 0.717) is 38.5 Å². The van der Waals surface area contributed by atoms with E-state index in [0.717, 1.165) is 24.7 Å². The van der Waals surface area contributed by atoms with Crippen molar-refractivity contribution >= 4 is 12.3 Å². The Bertz CT molecular complexity index is 1030. The van der Waals surface area contributed by atoms with Crippen molar-refractivity contribution in [2.75, 3.05) is 6.61 Å². The van der Waals surface area contributed by atoms with Crippen molar-refractivity contribution in [1.29, 1.82) is 0 Å². The predicted molar refractivity (Wildman–Crippen MR) is 135 cm³/mol. The number of ether oxygens (including phenoxy) is 3. The van der Waals surface area contributed by atoms with Gasteiger partial charge < -0.3 is 44.5 Å². The Labute approximate surface area is 228 Å². The molecule has 0 aromatic heterocycles. The van der Waals surface area contributed by atoms with Gasteiger partial charge in [-0.1, -0.05) is 6.92 Å². The van der Waals surface area contributed by atoms with Gasteiger partial charge in [-0.05, 0) is 87.5 Å². The monoisotopic (exact) mass is 550 g/mol. The van der Waals surface area contributed by atoms with Gasteiger partial charge in [0, 0.05) is 16.9 Å². The molecule has 10 heteroatoms. The number of hydrogen-bond donors (Lipinski definition) is 5. The maximum Gasteiger partial charge on any atom is 0.331 e. The van der Waals surface area contributed by atoms with Gasteiger partial charge >= 0.3 is 5.97 Å². The quantitative estimate of drug-likeness (QED) is 0.190. The Balaban J connectivity index is 1.22. The fourth-order valence-electron chi connectivity index (χ4n) is 9.72. The Morgan fingerprint density at radius 3 is 2.46 bits per heavy atom. The minimum Gasteiger partial charge on any atom is -0.458 e. The third-order valence-electron chi connectivity index (χ3n) is 11.9. The zero-order valence-electron chi connectivity index (χ0n) is 22.6. The van der Waals surface area contributed by atoms with Crippen LogP contribution in [-0.2, 0) is 23.8 Å². The molecule has 0 spiro atoms. The standard InChI is InChI=1S/C29H42O10/c1-14-23(33)24(34)25(35)26(38-14)39-17-5-7-28(13-30)16(10-17)3-4-19-20(28)11-21(31)27(2)18(6-8-29(19,27)36)15-9-22(32)37-12-15/h9,13-14,16-21,23-26,31,33-36H,3-8,10-12H2,1-2H3/t14-,16+,17+,18-,19+,20-,21-,23-,24-,25-,26+,27+,28-,29+/m1/s1. The predicted octanol–water partition coefficient (Wildman–Crippen LogP) is 0.606. The summed E-state index contributed by atoms with van der Waals surface area (Å²) >= 11 is 0. The highest BCUT2D eigenvalue weighted by Gasteiger charge is 2.71. The number of fused-ring (bicyclic) bond motifs is 5. The van der Waals surface area contributed by atoms with E-state index in [1.54, 1.807) is 6.92 Å². The Hall–Kier alpha value is -1.40. The second-order valence-electron chi connectivity index (χ2n) is 13.3. The second-order valence-corrected chi connectivity index (χ2v) is 13.3. The first-order chi connectivity index (χ1) is 18.5. The summed E-state index contributed by atoms with van der Waals surface area (Å²) in [7, 11) is 0. The van der Waals surface area contributed by atoms with Gasteiger partial charge in [0.2, 0.25) is 0 Å². The fraction of sp³-hybridized carbons (Fsp3) is 0.862. The van der Waals surface area contributed by atoms with Gasteiger partial charge in [0.25, 0.3) is 0 Å². The molecule has 0 amide bonds. The summed E-state index contributed by atoms with van der Waals surface area (Å²) < 4.78 is 16.9. The molecule has 0 aromatic rings. The average Bonchev–Trinajstić information content (AvgIpc) is 3.47. The maximum absolute atomic E-state index is 12.9. The van der Waals surface area contributed by atoms with E-state index in [-0.39, 0.29) is 42.4 Å². The molecule has 4 saturated carbocycles. The molecule has 5 N–H and O–H groups in total. The molecular weight excluding hydrogens is 508 g/mol. The van der Waals surface area contributed by atoms with Gasteiger partial charge in [0.1, 0.15) is 31.2 Å². The van der Waals surface area contributed by atoms with Crippen LogP contribution in [0.25, 0.3) is 0 Å². The van der Waals surface area contributed by atoms with Crippen molar-refractivity contribution in [3.8, 4) is 0 Å². The topological polar surface area (TPSA) is 163 Å². The lowest BCUT2D eigenvalue weighted by atomic mass is 9.42. The van der Waals surface area contributed by atoms with Crippen molar-refractivity contribution in [3.05, 3.63) is 11.6 Å². The molecule has 218 valence electrons. The van der Waals surface area contributed by atoms with Gasteiger partial charge in [-0.25, -0.2) is 4.79 Å². The van der Waals surface area contributed by atoms with Crippen LogP contribution in [-0.4, -0.2) is 92.9 Å². The van der Waals surface area contributed by atoms with Gasteiger partial charge in [-0.2, -0.15) is 0 Å². The fourth-order valence-corrected chi connectivity index (χ4v) is 9.72. The van der Waals surface area contributed by atoms with Crippen LogP contribution >= 0.6 is 0 Å². The molecule has 14 atom stereocenters. The summed E-state index contributed by atoms with van der Waals surface area (Å²) in [5.74, 6) is -0.862. The molecule has 0 aromatic carbocycles. The Morgan fingerprint density at radius 2 is 1.77 bits per heavy atom. The summed E-state index contributed by atoms with van der Waals surface area (Å²) in [6.07, 6.45) is 0.412. The number of cyclic esters (lactones) is 1. The van der Waals surface area contributed by atoms with Crippen molar-refractivity contribution in [3.63, 3.8) is 0 Å². The molecule has 0 radical (unpaired) electrons. The van der Waals surface area contributed by atoms with Gasteiger partial charge in [-0.15, -0.1) is 0 Å². The number of carbonyl (C=O) groups excluding carboxylic acids is 2. The number of aliphatic hydroxyl groups is 5. The summed E-state index contributed by atoms with van der Waals surface area (Å²) in [5.41, 5.74) is -1.85. The lowest BCUT2D eigenvalue weighted by Gasteiger charge is -2.64. The minimum absolute atomic E-state index is 0.00964. The van der Waals surface area contributed by atoms with Gasteiger partial charge in [0.05, 0.1) is 23.9 Å².